The number of benzene rings is 1. The molecule has 2 heterocycles. The Morgan fingerprint density at radius 2 is 2.04 bits per heavy atom. The molecular formula is C17H20N6OS. The molecule has 1 aromatic carbocycles. The summed E-state index contributed by atoms with van der Waals surface area (Å²) in [6.07, 6.45) is 3.53. The molecule has 3 aromatic rings. The van der Waals surface area contributed by atoms with Gasteiger partial charge >= 0.3 is 0 Å². The van der Waals surface area contributed by atoms with Crippen molar-refractivity contribution in [2.24, 2.45) is 7.05 Å². The number of aromatic nitrogens is 5. The van der Waals surface area contributed by atoms with E-state index in [2.05, 4.69) is 32.6 Å². The van der Waals surface area contributed by atoms with Crippen LogP contribution in [0.5, 0.6) is 0 Å². The lowest BCUT2D eigenvalue weighted by atomic mass is 10.1. The molecule has 8 heteroatoms. The Bertz CT molecular complexity index is 842. The van der Waals surface area contributed by atoms with E-state index in [1.165, 1.54) is 16.1 Å². The number of thiazole rings is 1. The smallest absolute Gasteiger partial charge is 0.226 e. The number of unbranched alkanes of at least 4 members (excludes halogenated alkanes) is 2. The van der Waals surface area contributed by atoms with E-state index < -0.39 is 0 Å². The first-order valence-corrected chi connectivity index (χ1v) is 9.09. The second-order valence-corrected chi connectivity index (χ2v) is 6.67. The number of carbonyl (C=O) groups is 1. The maximum atomic E-state index is 12.1. The Balaban J connectivity index is 1.88. The molecule has 0 aliphatic heterocycles. The summed E-state index contributed by atoms with van der Waals surface area (Å²) in [4.78, 5) is 18.9. The molecule has 0 bridgehead atoms. The molecule has 0 spiro atoms. The number of amides is 1. The molecule has 1 amide bonds. The molecule has 0 aliphatic carbocycles. The maximum absolute atomic E-state index is 12.1. The number of nitrogens with one attached hydrogen (secondary N) is 1. The van der Waals surface area contributed by atoms with E-state index in [4.69, 9.17) is 0 Å². The van der Waals surface area contributed by atoms with E-state index in [0.29, 0.717) is 17.4 Å². The third kappa shape index (κ3) is 4.27. The number of tetrazole rings is 1. The van der Waals surface area contributed by atoms with Gasteiger partial charge in [0.05, 0.1) is 12.7 Å². The molecule has 2 aromatic heterocycles. The van der Waals surface area contributed by atoms with Crippen molar-refractivity contribution in [3.8, 4) is 22.0 Å². The first-order valence-electron chi connectivity index (χ1n) is 8.28. The van der Waals surface area contributed by atoms with Crippen LogP contribution in [0.1, 0.15) is 32.6 Å². The van der Waals surface area contributed by atoms with Gasteiger partial charge in [-0.15, -0.1) is 10.2 Å². The summed E-state index contributed by atoms with van der Waals surface area (Å²) in [5, 5.41) is 15.7. The van der Waals surface area contributed by atoms with Gasteiger partial charge in [0.1, 0.15) is 4.88 Å². The summed E-state index contributed by atoms with van der Waals surface area (Å²) >= 11 is 1.37. The summed E-state index contributed by atoms with van der Waals surface area (Å²) in [6, 6.07) is 9.80. The van der Waals surface area contributed by atoms with Crippen LogP contribution in [0.4, 0.5) is 5.13 Å². The minimum Gasteiger partial charge on any atom is -0.302 e. The normalized spacial score (nSPS) is 10.8. The molecule has 0 unspecified atom stereocenters. The zero-order chi connectivity index (χ0) is 17.6. The van der Waals surface area contributed by atoms with Crippen molar-refractivity contribution in [1.82, 2.24) is 25.2 Å². The highest BCUT2D eigenvalue weighted by Gasteiger charge is 2.19. The summed E-state index contributed by atoms with van der Waals surface area (Å²) in [5.74, 6) is 0.491. The van der Waals surface area contributed by atoms with E-state index in [1.54, 1.807) is 7.05 Å². The number of hydrogen-bond acceptors (Lipinski definition) is 6. The second kappa shape index (κ2) is 7.98. The van der Waals surface area contributed by atoms with Gasteiger partial charge < -0.3 is 5.32 Å². The van der Waals surface area contributed by atoms with E-state index >= 15 is 0 Å². The Hall–Kier alpha value is -2.61. The number of anilines is 1. The van der Waals surface area contributed by atoms with Gasteiger partial charge in [-0.25, -0.2) is 4.98 Å². The number of rotatable bonds is 7. The molecule has 3 rings (SSSR count). The number of carbonyl (C=O) groups excluding carboxylic acids is 1. The van der Waals surface area contributed by atoms with Crippen molar-refractivity contribution in [2.45, 2.75) is 32.6 Å². The molecule has 130 valence electrons. The predicted octanol–water partition coefficient (Wildman–Crippen LogP) is 3.52. The number of hydrogen-bond donors (Lipinski definition) is 1. The Labute approximate surface area is 150 Å². The monoisotopic (exact) mass is 356 g/mol. The molecule has 0 radical (unpaired) electrons. The van der Waals surface area contributed by atoms with Crippen molar-refractivity contribution < 1.29 is 4.79 Å². The van der Waals surface area contributed by atoms with Gasteiger partial charge in [0, 0.05) is 12.0 Å². The lowest BCUT2D eigenvalue weighted by Crippen LogP contribution is -2.10. The second-order valence-electron chi connectivity index (χ2n) is 5.67. The molecule has 25 heavy (non-hydrogen) atoms. The maximum Gasteiger partial charge on any atom is 0.226 e. The van der Waals surface area contributed by atoms with E-state index in [-0.39, 0.29) is 5.91 Å². The minimum absolute atomic E-state index is 0.0135. The molecule has 0 saturated heterocycles. The van der Waals surface area contributed by atoms with Crippen molar-refractivity contribution >= 4 is 22.4 Å². The average Bonchev–Trinajstić information content (AvgIpc) is 3.22. The van der Waals surface area contributed by atoms with Gasteiger partial charge in [-0.05, 0) is 11.6 Å². The van der Waals surface area contributed by atoms with Crippen LogP contribution in [0.15, 0.2) is 30.3 Å². The topological polar surface area (TPSA) is 85.6 Å². The number of nitrogens with zero attached hydrogens (tertiary/aromatic N) is 5. The highest BCUT2D eigenvalue weighted by Crippen LogP contribution is 2.37. The van der Waals surface area contributed by atoms with Crippen LogP contribution in [-0.2, 0) is 11.8 Å². The van der Waals surface area contributed by atoms with Crippen molar-refractivity contribution in [3.05, 3.63) is 30.3 Å². The largest absolute Gasteiger partial charge is 0.302 e. The lowest BCUT2D eigenvalue weighted by Gasteiger charge is -2.00. The van der Waals surface area contributed by atoms with Gasteiger partial charge in [-0.2, -0.15) is 4.80 Å². The Morgan fingerprint density at radius 1 is 1.24 bits per heavy atom. The molecule has 0 saturated carbocycles. The van der Waals surface area contributed by atoms with Crippen LogP contribution in [0.2, 0.25) is 0 Å². The van der Waals surface area contributed by atoms with Crippen molar-refractivity contribution in [3.63, 3.8) is 0 Å². The zero-order valence-corrected chi connectivity index (χ0v) is 15.1. The minimum atomic E-state index is -0.0135. The first kappa shape index (κ1) is 17.2. The van der Waals surface area contributed by atoms with Gasteiger partial charge in [-0.1, -0.05) is 61.4 Å². The summed E-state index contributed by atoms with van der Waals surface area (Å²) in [5.41, 5.74) is 1.70. The molecule has 7 nitrogen and oxygen atoms in total. The summed E-state index contributed by atoms with van der Waals surface area (Å²) < 4.78 is 0. The van der Waals surface area contributed by atoms with E-state index in [1.807, 2.05) is 30.3 Å². The van der Waals surface area contributed by atoms with Gasteiger partial charge in [0.25, 0.3) is 0 Å². The molecular weight excluding hydrogens is 336 g/mol. The molecule has 1 N–H and O–H groups in total. The van der Waals surface area contributed by atoms with E-state index in [0.717, 1.165) is 35.4 Å². The fraction of sp³-hybridized carbons (Fsp3) is 0.353. The summed E-state index contributed by atoms with van der Waals surface area (Å²) in [7, 11) is 1.72. The van der Waals surface area contributed by atoms with Crippen LogP contribution < -0.4 is 5.32 Å². The van der Waals surface area contributed by atoms with Gasteiger partial charge in [-0.3, -0.25) is 4.79 Å². The molecule has 0 aliphatic rings. The van der Waals surface area contributed by atoms with E-state index in [9.17, 15) is 4.79 Å². The highest BCUT2D eigenvalue weighted by atomic mass is 32.1. The van der Waals surface area contributed by atoms with Crippen LogP contribution in [0.3, 0.4) is 0 Å². The van der Waals surface area contributed by atoms with Crippen LogP contribution >= 0.6 is 11.3 Å². The Kier molecular flexibility index (Phi) is 5.49. The standard InChI is InChI=1S/C17H20N6OS/c1-3-4-6-11-13(24)18-17-19-14(12-9-7-5-8-10-12)15(25-17)16-20-22-23(2)21-16/h5,7-10H,3-4,6,11H2,1-2H3,(H,18,19,24). The number of aryl methyl sites for hydroxylation is 1. The quantitative estimate of drug-likeness (QED) is 0.655. The van der Waals surface area contributed by atoms with Crippen LogP contribution in [0, 0.1) is 0 Å². The van der Waals surface area contributed by atoms with Crippen LogP contribution in [-0.4, -0.2) is 31.1 Å². The first-order chi connectivity index (χ1) is 12.2. The van der Waals surface area contributed by atoms with Gasteiger partial charge in [0.15, 0.2) is 5.13 Å². The highest BCUT2D eigenvalue weighted by molar-refractivity contribution is 7.19. The summed E-state index contributed by atoms with van der Waals surface area (Å²) in [6.45, 7) is 2.12. The SMILES string of the molecule is CCCCCC(=O)Nc1nc(-c2ccccc2)c(-c2nnn(C)n2)s1. The van der Waals surface area contributed by atoms with Crippen molar-refractivity contribution in [1.29, 1.82) is 0 Å². The molecule has 0 atom stereocenters. The fourth-order valence-electron chi connectivity index (χ4n) is 2.41. The third-order valence-electron chi connectivity index (χ3n) is 3.64. The fourth-order valence-corrected chi connectivity index (χ4v) is 3.34. The van der Waals surface area contributed by atoms with Crippen LogP contribution in [0.25, 0.3) is 22.0 Å². The average molecular weight is 356 g/mol. The van der Waals surface area contributed by atoms with Gasteiger partial charge in [0.2, 0.25) is 11.7 Å². The molecule has 0 fully saturated rings. The van der Waals surface area contributed by atoms with Crippen molar-refractivity contribution in [2.75, 3.05) is 5.32 Å². The third-order valence-corrected chi connectivity index (χ3v) is 4.61. The lowest BCUT2D eigenvalue weighted by molar-refractivity contribution is -0.116. The predicted molar refractivity (Wildman–Crippen MR) is 98.1 cm³/mol. The zero-order valence-electron chi connectivity index (χ0n) is 14.3. The Morgan fingerprint density at radius 3 is 2.72 bits per heavy atom.